The first-order valence-corrected chi connectivity index (χ1v) is 7.29. The van der Waals surface area contributed by atoms with E-state index in [-0.39, 0.29) is 0 Å². The van der Waals surface area contributed by atoms with Crippen LogP contribution in [-0.4, -0.2) is 4.98 Å². The molecule has 4 rings (SSSR count). The third-order valence-corrected chi connectivity index (χ3v) is 3.96. The number of azide groups is 1. The molecule has 0 radical (unpaired) electrons. The van der Waals surface area contributed by atoms with Gasteiger partial charge in [0.1, 0.15) is 0 Å². The average Bonchev–Trinajstić information content (AvgIpc) is 2.62. The lowest BCUT2D eigenvalue weighted by Crippen LogP contribution is -1.86. The van der Waals surface area contributed by atoms with Crippen LogP contribution in [0.3, 0.4) is 0 Å². The lowest BCUT2D eigenvalue weighted by Gasteiger charge is -2.11. The van der Waals surface area contributed by atoms with Crippen LogP contribution in [-0.2, 0) is 0 Å². The summed E-state index contributed by atoms with van der Waals surface area (Å²) in [6.07, 6.45) is 1.85. The lowest BCUT2D eigenvalue weighted by atomic mass is 9.98. The molecule has 23 heavy (non-hydrogen) atoms. The van der Waals surface area contributed by atoms with Crippen molar-refractivity contribution < 1.29 is 0 Å². The van der Waals surface area contributed by atoms with Crippen LogP contribution in [0.4, 0.5) is 5.69 Å². The first-order valence-electron chi connectivity index (χ1n) is 7.29. The molecule has 4 nitrogen and oxygen atoms in total. The van der Waals surface area contributed by atoms with E-state index in [2.05, 4.69) is 15.0 Å². The van der Waals surface area contributed by atoms with Crippen molar-refractivity contribution in [3.05, 3.63) is 83.4 Å². The SMILES string of the molecule is [N-]=[N+]=Nc1c(-c2ccccc2)ccc2ncc3ccccc3c12. The second-order valence-electron chi connectivity index (χ2n) is 5.26. The Morgan fingerprint density at radius 2 is 1.65 bits per heavy atom. The normalized spacial score (nSPS) is 10.6. The van der Waals surface area contributed by atoms with Gasteiger partial charge in [-0.1, -0.05) is 65.8 Å². The first kappa shape index (κ1) is 13.3. The highest BCUT2D eigenvalue weighted by Crippen LogP contribution is 2.39. The third kappa shape index (κ3) is 2.18. The maximum absolute atomic E-state index is 9.06. The molecule has 0 saturated heterocycles. The van der Waals surface area contributed by atoms with E-state index in [1.54, 1.807) is 0 Å². The summed E-state index contributed by atoms with van der Waals surface area (Å²) < 4.78 is 0. The van der Waals surface area contributed by atoms with Crippen LogP contribution in [0.2, 0.25) is 0 Å². The van der Waals surface area contributed by atoms with Gasteiger partial charge in [0.15, 0.2) is 0 Å². The van der Waals surface area contributed by atoms with Gasteiger partial charge in [-0.15, -0.1) is 0 Å². The molecule has 0 aliphatic rings. The number of hydrogen-bond donors (Lipinski definition) is 0. The van der Waals surface area contributed by atoms with E-state index in [4.69, 9.17) is 5.53 Å². The van der Waals surface area contributed by atoms with Gasteiger partial charge in [0, 0.05) is 21.9 Å². The van der Waals surface area contributed by atoms with Crippen LogP contribution in [0.1, 0.15) is 0 Å². The molecule has 0 saturated carbocycles. The minimum Gasteiger partial charge on any atom is -0.256 e. The second-order valence-corrected chi connectivity index (χ2v) is 5.26. The first-order chi connectivity index (χ1) is 11.4. The smallest absolute Gasteiger partial charge is 0.0713 e. The zero-order chi connectivity index (χ0) is 15.6. The summed E-state index contributed by atoms with van der Waals surface area (Å²) in [5.74, 6) is 0. The standard InChI is InChI=1S/C19H12N4/c20-23-22-19-16(13-6-2-1-3-7-13)10-11-17-18(19)15-9-5-4-8-14(15)12-21-17/h1-12H. The van der Waals surface area contributed by atoms with Gasteiger partial charge >= 0.3 is 0 Å². The predicted molar refractivity (Wildman–Crippen MR) is 93.5 cm³/mol. The summed E-state index contributed by atoms with van der Waals surface area (Å²) in [5, 5.41) is 6.96. The van der Waals surface area contributed by atoms with Gasteiger partial charge in [0.2, 0.25) is 0 Å². The second kappa shape index (κ2) is 5.44. The summed E-state index contributed by atoms with van der Waals surface area (Å²) in [7, 11) is 0. The Balaban J connectivity index is 2.19. The molecule has 0 aliphatic heterocycles. The number of benzene rings is 3. The van der Waals surface area contributed by atoms with Crippen molar-refractivity contribution in [2.24, 2.45) is 5.11 Å². The highest BCUT2D eigenvalue weighted by atomic mass is 15.1. The molecule has 0 unspecified atom stereocenters. The van der Waals surface area contributed by atoms with E-state index in [1.165, 1.54) is 0 Å². The number of pyridine rings is 1. The fourth-order valence-corrected chi connectivity index (χ4v) is 2.93. The quantitative estimate of drug-likeness (QED) is 0.194. The Labute approximate surface area is 132 Å². The maximum atomic E-state index is 9.06. The minimum atomic E-state index is 0.625. The molecule has 1 aromatic heterocycles. The Morgan fingerprint density at radius 3 is 2.48 bits per heavy atom. The Morgan fingerprint density at radius 1 is 0.870 bits per heavy atom. The average molecular weight is 296 g/mol. The predicted octanol–water partition coefficient (Wildman–Crippen LogP) is 6.00. The van der Waals surface area contributed by atoms with E-state index >= 15 is 0 Å². The van der Waals surface area contributed by atoms with Crippen molar-refractivity contribution in [2.75, 3.05) is 0 Å². The summed E-state index contributed by atoms with van der Waals surface area (Å²) in [6.45, 7) is 0. The van der Waals surface area contributed by atoms with Gasteiger partial charge in [-0.3, -0.25) is 4.98 Å². The molecule has 0 N–H and O–H groups in total. The molecule has 1 heterocycles. The Bertz CT molecular complexity index is 1060. The molecule has 0 aliphatic carbocycles. The molecule has 3 aromatic carbocycles. The lowest BCUT2D eigenvalue weighted by molar-refractivity contribution is 1.42. The molecular weight excluding hydrogens is 284 g/mol. The van der Waals surface area contributed by atoms with Crippen LogP contribution in [0.15, 0.2) is 78.0 Å². The van der Waals surface area contributed by atoms with Crippen molar-refractivity contribution >= 4 is 27.4 Å². The molecule has 0 spiro atoms. The fourth-order valence-electron chi connectivity index (χ4n) is 2.93. The molecule has 108 valence electrons. The van der Waals surface area contributed by atoms with Gasteiger partial charge in [-0.05, 0) is 28.1 Å². The number of nitrogens with zero attached hydrogens (tertiary/aromatic N) is 4. The molecule has 0 amide bonds. The summed E-state index contributed by atoms with van der Waals surface area (Å²) >= 11 is 0. The zero-order valence-corrected chi connectivity index (χ0v) is 12.2. The zero-order valence-electron chi connectivity index (χ0n) is 12.2. The maximum Gasteiger partial charge on any atom is 0.0713 e. The van der Waals surface area contributed by atoms with E-state index in [1.807, 2.05) is 72.9 Å². The summed E-state index contributed by atoms with van der Waals surface area (Å²) in [4.78, 5) is 7.55. The van der Waals surface area contributed by atoms with Crippen molar-refractivity contribution in [3.8, 4) is 11.1 Å². The topological polar surface area (TPSA) is 61.7 Å². The van der Waals surface area contributed by atoms with Crippen LogP contribution in [0.25, 0.3) is 43.2 Å². The number of hydrogen-bond acceptors (Lipinski definition) is 2. The third-order valence-electron chi connectivity index (χ3n) is 3.96. The number of rotatable bonds is 2. The monoisotopic (exact) mass is 296 g/mol. The van der Waals surface area contributed by atoms with Crippen LogP contribution in [0, 0.1) is 0 Å². The van der Waals surface area contributed by atoms with Gasteiger partial charge < -0.3 is 0 Å². The summed E-state index contributed by atoms with van der Waals surface area (Å²) in [5.41, 5.74) is 12.4. The summed E-state index contributed by atoms with van der Waals surface area (Å²) in [6, 6.07) is 21.9. The molecule has 0 fully saturated rings. The van der Waals surface area contributed by atoms with Gasteiger partial charge in [0.25, 0.3) is 0 Å². The molecule has 0 bridgehead atoms. The molecule has 4 aromatic rings. The van der Waals surface area contributed by atoms with Crippen molar-refractivity contribution in [3.63, 3.8) is 0 Å². The van der Waals surface area contributed by atoms with E-state index < -0.39 is 0 Å². The van der Waals surface area contributed by atoms with Crippen LogP contribution in [0.5, 0.6) is 0 Å². The molecule has 4 heteroatoms. The number of fused-ring (bicyclic) bond motifs is 3. The van der Waals surface area contributed by atoms with Crippen molar-refractivity contribution in [1.82, 2.24) is 4.98 Å². The molecular formula is C19H12N4. The van der Waals surface area contributed by atoms with Gasteiger partial charge in [-0.2, -0.15) is 0 Å². The highest BCUT2D eigenvalue weighted by Gasteiger charge is 2.11. The van der Waals surface area contributed by atoms with Gasteiger partial charge in [0.05, 0.1) is 11.2 Å². The van der Waals surface area contributed by atoms with E-state index in [9.17, 15) is 0 Å². The largest absolute Gasteiger partial charge is 0.256 e. The number of aromatic nitrogens is 1. The van der Waals surface area contributed by atoms with Crippen LogP contribution >= 0.6 is 0 Å². The van der Waals surface area contributed by atoms with E-state index in [0.29, 0.717) is 5.69 Å². The van der Waals surface area contributed by atoms with E-state index in [0.717, 1.165) is 32.8 Å². The van der Waals surface area contributed by atoms with Crippen LogP contribution < -0.4 is 0 Å². The Hall–Kier alpha value is -3.36. The van der Waals surface area contributed by atoms with Crippen molar-refractivity contribution in [2.45, 2.75) is 0 Å². The highest BCUT2D eigenvalue weighted by molar-refractivity contribution is 6.13. The Kier molecular flexibility index (Phi) is 3.15. The fraction of sp³-hybridized carbons (Fsp3) is 0. The molecule has 0 atom stereocenters. The van der Waals surface area contributed by atoms with Gasteiger partial charge in [-0.25, -0.2) is 0 Å². The minimum absolute atomic E-state index is 0.625. The van der Waals surface area contributed by atoms with Crippen molar-refractivity contribution in [1.29, 1.82) is 0 Å².